The summed E-state index contributed by atoms with van der Waals surface area (Å²) in [5.74, 6) is 0.475. The lowest BCUT2D eigenvalue weighted by Gasteiger charge is -2.04. The van der Waals surface area contributed by atoms with Gasteiger partial charge in [0.05, 0.1) is 0 Å². The first kappa shape index (κ1) is 16.3. The molecule has 0 fully saturated rings. The highest BCUT2D eigenvalue weighted by atomic mass is 35.5. The van der Waals surface area contributed by atoms with Gasteiger partial charge in [-0.05, 0) is 58.7 Å². The number of aromatic hydroxyl groups is 1. The van der Waals surface area contributed by atoms with Crippen molar-refractivity contribution in [2.24, 2.45) is 0 Å². The van der Waals surface area contributed by atoms with E-state index in [0.29, 0.717) is 23.4 Å². The molecule has 0 aliphatic carbocycles. The number of ketones is 1. The van der Waals surface area contributed by atoms with Gasteiger partial charge in [0.15, 0.2) is 5.78 Å². The van der Waals surface area contributed by atoms with Crippen LogP contribution in [0.3, 0.4) is 0 Å². The number of hydrogen-bond acceptors (Lipinski definition) is 2. The van der Waals surface area contributed by atoms with Gasteiger partial charge in [0.25, 0.3) is 0 Å². The van der Waals surface area contributed by atoms with Crippen LogP contribution in [0.25, 0.3) is 16.8 Å². The molecule has 3 aromatic carbocycles. The quantitative estimate of drug-likeness (QED) is 0.394. The molecule has 0 bridgehead atoms. The zero-order valence-electron chi connectivity index (χ0n) is 13.1. The van der Waals surface area contributed by atoms with Crippen molar-refractivity contribution in [3.8, 4) is 5.75 Å². The van der Waals surface area contributed by atoms with Crippen LogP contribution in [0.1, 0.15) is 21.5 Å². The molecule has 3 aromatic rings. The molecule has 3 rings (SSSR count). The lowest BCUT2D eigenvalue weighted by molar-refractivity contribution is 0.104. The fourth-order valence-electron chi connectivity index (χ4n) is 2.62. The molecule has 0 aliphatic heterocycles. The molecule has 0 unspecified atom stereocenters. The standard InChI is InChI=1S/C21H17ClO2/c22-12-11-19-14-18(8-10-21(19)24)20(23)9-6-15-5-7-16-3-1-2-4-17(16)13-15/h1-10,13-14,24H,11-12H2/b9-6+. The van der Waals surface area contributed by atoms with E-state index in [2.05, 4.69) is 12.1 Å². The number of carbonyl (C=O) groups is 1. The van der Waals surface area contributed by atoms with E-state index >= 15 is 0 Å². The highest BCUT2D eigenvalue weighted by molar-refractivity contribution is 6.18. The zero-order valence-corrected chi connectivity index (χ0v) is 13.8. The Balaban J connectivity index is 1.82. The predicted octanol–water partition coefficient (Wildman–Crippen LogP) is 5.22. The Morgan fingerprint density at radius 1 is 1.00 bits per heavy atom. The molecule has 0 heterocycles. The molecule has 0 amide bonds. The third-order valence-corrected chi connectivity index (χ3v) is 4.12. The lowest BCUT2D eigenvalue weighted by atomic mass is 10.0. The lowest BCUT2D eigenvalue weighted by Crippen LogP contribution is -1.97. The minimum absolute atomic E-state index is 0.0982. The van der Waals surface area contributed by atoms with Crippen LogP contribution in [0.5, 0.6) is 5.75 Å². The Hall–Kier alpha value is -2.58. The third-order valence-electron chi connectivity index (χ3n) is 3.93. The molecule has 3 heteroatoms. The molecule has 0 saturated heterocycles. The van der Waals surface area contributed by atoms with Crippen LogP contribution < -0.4 is 0 Å². The molecule has 24 heavy (non-hydrogen) atoms. The number of aryl methyl sites for hydroxylation is 1. The van der Waals surface area contributed by atoms with Crippen LogP contribution in [-0.4, -0.2) is 16.8 Å². The van der Waals surface area contributed by atoms with Gasteiger partial charge in [-0.1, -0.05) is 42.5 Å². The van der Waals surface area contributed by atoms with Crippen molar-refractivity contribution in [3.05, 3.63) is 83.4 Å². The summed E-state index contributed by atoms with van der Waals surface area (Å²) >= 11 is 5.72. The fraction of sp³-hybridized carbons (Fsp3) is 0.0952. The first-order valence-electron chi connectivity index (χ1n) is 7.76. The van der Waals surface area contributed by atoms with Crippen molar-refractivity contribution < 1.29 is 9.90 Å². The summed E-state index contributed by atoms with van der Waals surface area (Å²) in [5, 5.41) is 12.1. The first-order valence-corrected chi connectivity index (χ1v) is 8.30. The summed E-state index contributed by atoms with van der Waals surface area (Å²) in [6, 6.07) is 19.1. The summed E-state index contributed by atoms with van der Waals surface area (Å²) in [7, 11) is 0. The van der Waals surface area contributed by atoms with Gasteiger partial charge >= 0.3 is 0 Å². The molecule has 120 valence electrons. The van der Waals surface area contributed by atoms with E-state index in [1.807, 2.05) is 36.4 Å². The van der Waals surface area contributed by atoms with Crippen LogP contribution in [0.4, 0.5) is 0 Å². The Labute approximate surface area is 146 Å². The highest BCUT2D eigenvalue weighted by Gasteiger charge is 2.07. The number of rotatable bonds is 5. The van der Waals surface area contributed by atoms with Gasteiger partial charge in [0.1, 0.15) is 5.75 Å². The summed E-state index contributed by atoms with van der Waals surface area (Å²) in [6.07, 6.45) is 3.90. The van der Waals surface area contributed by atoms with Gasteiger partial charge in [-0.2, -0.15) is 0 Å². The van der Waals surface area contributed by atoms with Gasteiger partial charge in [-0.3, -0.25) is 4.79 Å². The van der Waals surface area contributed by atoms with Gasteiger partial charge in [-0.25, -0.2) is 0 Å². The van der Waals surface area contributed by atoms with E-state index in [9.17, 15) is 9.90 Å². The number of allylic oxidation sites excluding steroid dienone is 1. The summed E-state index contributed by atoms with van der Waals surface area (Å²) in [4.78, 5) is 12.3. The number of carbonyl (C=O) groups excluding carboxylic acids is 1. The minimum Gasteiger partial charge on any atom is -0.508 e. The number of halogens is 1. The molecule has 0 radical (unpaired) electrons. The second-order valence-corrected chi connectivity index (χ2v) is 5.96. The second-order valence-electron chi connectivity index (χ2n) is 5.59. The van der Waals surface area contributed by atoms with Crippen molar-refractivity contribution in [1.82, 2.24) is 0 Å². The monoisotopic (exact) mass is 336 g/mol. The third kappa shape index (κ3) is 3.66. The number of phenols is 1. The number of phenolic OH excluding ortho intramolecular Hbond substituents is 1. The van der Waals surface area contributed by atoms with Crippen LogP contribution in [0.2, 0.25) is 0 Å². The Morgan fingerprint density at radius 3 is 2.58 bits per heavy atom. The Kier molecular flexibility index (Phi) is 4.97. The van der Waals surface area contributed by atoms with E-state index < -0.39 is 0 Å². The summed E-state index contributed by atoms with van der Waals surface area (Å²) in [6.45, 7) is 0. The van der Waals surface area contributed by atoms with Crippen molar-refractivity contribution in [1.29, 1.82) is 0 Å². The molecule has 2 nitrogen and oxygen atoms in total. The maximum absolute atomic E-state index is 12.3. The molecular weight excluding hydrogens is 320 g/mol. The van der Waals surface area contributed by atoms with Crippen LogP contribution in [0.15, 0.2) is 66.7 Å². The smallest absolute Gasteiger partial charge is 0.185 e. The predicted molar refractivity (Wildman–Crippen MR) is 99.8 cm³/mol. The fourth-order valence-corrected chi connectivity index (χ4v) is 2.82. The number of alkyl halides is 1. The van der Waals surface area contributed by atoms with E-state index in [1.54, 1.807) is 24.3 Å². The van der Waals surface area contributed by atoms with Crippen molar-refractivity contribution in [2.45, 2.75) is 6.42 Å². The Bertz CT molecular complexity index is 913. The number of hydrogen-bond donors (Lipinski definition) is 1. The van der Waals surface area contributed by atoms with Gasteiger partial charge in [0.2, 0.25) is 0 Å². The Morgan fingerprint density at radius 2 is 1.79 bits per heavy atom. The highest BCUT2D eigenvalue weighted by Crippen LogP contribution is 2.21. The molecule has 1 N–H and O–H groups in total. The van der Waals surface area contributed by atoms with Gasteiger partial charge < -0.3 is 5.11 Å². The topological polar surface area (TPSA) is 37.3 Å². The van der Waals surface area contributed by atoms with Crippen LogP contribution in [0, 0.1) is 0 Å². The summed E-state index contributed by atoms with van der Waals surface area (Å²) in [5.41, 5.74) is 2.21. The zero-order chi connectivity index (χ0) is 16.9. The second kappa shape index (κ2) is 7.33. The van der Waals surface area contributed by atoms with Crippen molar-refractivity contribution in [3.63, 3.8) is 0 Å². The molecular formula is C21H17ClO2. The molecule has 0 spiro atoms. The average Bonchev–Trinajstić information content (AvgIpc) is 2.61. The van der Waals surface area contributed by atoms with E-state index in [4.69, 9.17) is 11.6 Å². The normalized spacial score (nSPS) is 11.2. The SMILES string of the molecule is O=C(/C=C/c1ccc2ccccc2c1)c1ccc(O)c(CCCl)c1. The molecule has 0 saturated carbocycles. The van der Waals surface area contributed by atoms with Crippen LogP contribution in [-0.2, 0) is 6.42 Å². The van der Waals surface area contributed by atoms with Crippen molar-refractivity contribution >= 4 is 34.2 Å². The molecule has 0 aliphatic rings. The van der Waals surface area contributed by atoms with Gasteiger partial charge in [0, 0.05) is 11.4 Å². The van der Waals surface area contributed by atoms with Crippen molar-refractivity contribution in [2.75, 3.05) is 5.88 Å². The first-order chi connectivity index (χ1) is 11.7. The summed E-state index contributed by atoms with van der Waals surface area (Å²) < 4.78 is 0. The maximum Gasteiger partial charge on any atom is 0.185 e. The van der Waals surface area contributed by atoms with E-state index in [0.717, 1.165) is 10.9 Å². The van der Waals surface area contributed by atoms with E-state index in [1.165, 1.54) is 5.39 Å². The maximum atomic E-state index is 12.3. The van der Waals surface area contributed by atoms with E-state index in [-0.39, 0.29) is 11.5 Å². The molecule has 0 aromatic heterocycles. The van der Waals surface area contributed by atoms with Gasteiger partial charge in [-0.15, -0.1) is 11.6 Å². The number of benzene rings is 3. The van der Waals surface area contributed by atoms with Crippen LogP contribution >= 0.6 is 11.6 Å². The average molecular weight is 337 g/mol. The largest absolute Gasteiger partial charge is 0.508 e. The minimum atomic E-state index is -0.0982. The molecule has 0 atom stereocenters. The number of fused-ring (bicyclic) bond motifs is 1.